The maximum absolute atomic E-state index is 6.07. The first-order valence-corrected chi connectivity index (χ1v) is 6.73. The zero-order valence-corrected chi connectivity index (χ0v) is 11.5. The van der Waals surface area contributed by atoms with Gasteiger partial charge in [0.2, 0.25) is 0 Å². The van der Waals surface area contributed by atoms with E-state index < -0.39 is 0 Å². The number of anilines is 2. The van der Waals surface area contributed by atoms with Crippen LogP contribution in [-0.4, -0.2) is 9.97 Å². The molecule has 0 unspecified atom stereocenters. The molecule has 3 aromatic rings. The normalized spacial score (nSPS) is 10.7. The number of pyridine rings is 2. The molecule has 0 saturated carbocycles. The Kier molecular flexibility index (Phi) is 3.51. The van der Waals surface area contributed by atoms with Gasteiger partial charge < -0.3 is 11.5 Å². The summed E-state index contributed by atoms with van der Waals surface area (Å²) in [5.74, 6) is 0.942. The van der Waals surface area contributed by atoms with Gasteiger partial charge in [-0.25, -0.2) is 9.97 Å². The molecule has 0 spiro atoms. The van der Waals surface area contributed by atoms with Crippen LogP contribution in [0.5, 0.6) is 0 Å². The minimum atomic E-state index is -0.0754. The van der Waals surface area contributed by atoms with E-state index in [0.717, 1.165) is 16.7 Å². The first-order chi connectivity index (χ1) is 10.3. The fourth-order valence-electron chi connectivity index (χ4n) is 2.52. The topological polar surface area (TPSA) is 77.8 Å². The van der Waals surface area contributed by atoms with E-state index in [2.05, 4.69) is 22.1 Å². The second-order valence-electron chi connectivity index (χ2n) is 4.80. The van der Waals surface area contributed by atoms with Crippen molar-refractivity contribution in [3.63, 3.8) is 0 Å². The molecule has 1 aromatic carbocycles. The summed E-state index contributed by atoms with van der Waals surface area (Å²) >= 11 is 0. The number of aromatic nitrogens is 2. The Morgan fingerprint density at radius 3 is 1.67 bits per heavy atom. The molecule has 0 atom stereocenters. The van der Waals surface area contributed by atoms with Crippen molar-refractivity contribution in [2.24, 2.45) is 0 Å². The first kappa shape index (κ1) is 13.1. The summed E-state index contributed by atoms with van der Waals surface area (Å²) in [5.41, 5.74) is 15.1. The van der Waals surface area contributed by atoms with Gasteiger partial charge in [0.05, 0.1) is 0 Å². The van der Waals surface area contributed by atoms with Crippen LogP contribution in [0.3, 0.4) is 0 Å². The minimum Gasteiger partial charge on any atom is -0.383 e. The van der Waals surface area contributed by atoms with Crippen molar-refractivity contribution >= 4 is 11.6 Å². The molecule has 0 saturated heterocycles. The van der Waals surface area contributed by atoms with Crippen molar-refractivity contribution in [2.45, 2.75) is 5.92 Å². The molecule has 2 heterocycles. The van der Waals surface area contributed by atoms with Gasteiger partial charge in [-0.1, -0.05) is 42.5 Å². The number of hydrogen-bond donors (Lipinski definition) is 2. The molecular weight excluding hydrogens is 260 g/mol. The van der Waals surface area contributed by atoms with Crippen LogP contribution in [0.15, 0.2) is 67.0 Å². The number of rotatable bonds is 3. The molecule has 0 amide bonds. The molecule has 2 aromatic heterocycles. The third kappa shape index (κ3) is 2.56. The lowest BCUT2D eigenvalue weighted by Gasteiger charge is -2.20. The molecule has 0 fully saturated rings. The quantitative estimate of drug-likeness (QED) is 0.771. The fraction of sp³-hybridized carbons (Fsp3) is 0.0588. The third-order valence-electron chi connectivity index (χ3n) is 3.50. The van der Waals surface area contributed by atoms with Crippen LogP contribution in [0.1, 0.15) is 22.6 Å². The van der Waals surface area contributed by atoms with Crippen LogP contribution in [0.2, 0.25) is 0 Å². The van der Waals surface area contributed by atoms with Crippen LogP contribution in [0.4, 0.5) is 11.6 Å². The van der Waals surface area contributed by atoms with Gasteiger partial charge in [-0.05, 0) is 17.7 Å². The van der Waals surface area contributed by atoms with Gasteiger partial charge in [-0.3, -0.25) is 0 Å². The van der Waals surface area contributed by atoms with Crippen molar-refractivity contribution in [3.8, 4) is 0 Å². The van der Waals surface area contributed by atoms with E-state index in [0.29, 0.717) is 11.6 Å². The van der Waals surface area contributed by atoms with Gasteiger partial charge in [-0.2, -0.15) is 0 Å². The molecule has 4 N–H and O–H groups in total. The zero-order chi connectivity index (χ0) is 14.7. The van der Waals surface area contributed by atoms with Crippen molar-refractivity contribution in [2.75, 3.05) is 11.5 Å². The lowest BCUT2D eigenvalue weighted by atomic mass is 9.85. The summed E-state index contributed by atoms with van der Waals surface area (Å²) in [6.07, 6.45) is 3.38. The first-order valence-electron chi connectivity index (χ1n) is 6.73. The summed E-state index contributed by atoms with van der Waals surface area (Å²) in [6.45, 7) is 0. The lowest BCUT2D eigenvalue weighted by molar-refractivity contribution is 0.962. The Hall–Kier alpha value is -2.88. The molecule has 0 radical (unpaired) electrons. The Labute approximate surface area is 123 Å². The Morgan fingerprint density at radius 1 is 0.667 bits per heavy atom. The van der Waals surface area contributed by atoms with Crippen molar-refractivity contribution in [1.82, 2.24) is 9.97 Å². The average molecular weight is 276 g/mol. The molecule has 4 heteroatoms. The Morgan fingerprint density at radius 2 is 1.19 bits per heavy atom. The summed E-state index contributed by atoms with van der Waals surface area (Å²) in [6, 6.07) is 17.8. The standard InChI is InChI=1S/C17H16N4/c18-16-13(8-4-10-20-16)15(12-6-2-1-3-7-12)14-9-5-11-21-17(14)19/h1-11,15H,(H2,18,20)(H2,19,21). The van der Waals surface area contributed by atoms with E-state index in [-0.39, 0.29) is 5.92 Å². The highest BCUT2D eigenvalue weighted by molar-refractivity contribution is 5.56. The lowest BCUT2D eigenvalue weighted by Crippen LogP contribution is -2.10. The summed E-state index contributed by atoms with van der Waals surface area (Å²) in [5, 5.41) is 0. The molecule has 0 aliphatic rings. The van der Waals surface area contributed by atoms with Gasteiger partial charge in [0, 0.05) is 29.4 Å². The van der Waals surface area contributed by atoms with Crippen molar-refractivity contribution < 1.29 is 0 Å². The maximum atomic E-state index is 6.07. The van der Waals surface area contributed by atoms with Gasteiger partial charge in [0.1, 0.15) is 11.6 Å². The number of benzene rings is 1. The van der Waals surface area contributed by atoms with Crippen LogP contribution in [0.25, 0.3) is 0 Å². The smallest absolute Gasteiger partial charge is 0.127 e. The number of nitrogens with zero attached hydrogens (tertiary/aromatic N) is 2. The monoisotopic (exact) mass is 276 g/mol. The molecule has 4 nitrogen and oxygen atoms in total. The predicted octanol–water partition coefficient (Wildman–Crippen LogP) is 2.82. The highest BCUT2D eigenvalue weighted by atomic mass is 14.8. The van der Waals surface area contributed by atoms with Gasteiger partial charge in [-0.15, -0.1) is 0 Å². The second-order valence-corrected chi connectivity index (χ2v) is 4.80. The maximum Gasteiger partial charge on any atom is 0.127 e. The molecule has 104 valence electrons. The summed E-state index contributed by atoms with van der Waals surface area (Å²) in [4.78, 5) is 8.39. The van der Waals surface area contributed by atoms with Gasteiger partial charge >= 0.3 is 0 Å². The highest BCUT2D eigenvalue weighted by Crippen LogP contribution is 2.35. The van der Waals surface area contributed by atoms with Crippen molar-refractivity contribution in [3.05, 3.63) is 83.7 Å². The van der Waals surface area contributed by atoms with Crippen molar-refractivity contribution in [1.29, 1.82) is 0 Å². The fourth-order valence-corrected chi connectivity index (χ4v) is 2.52. The predicted molar refractivity (Wildman–Crippen MR) is 84.7 cm³/mol. The number of hydrogen-bond acceptors (Lipinski definition) is 4. The average Bonchev–Trinajstić information content (AvgIpc) is 2.52. The van der Waals surface area contributed by atoms with Gasteiger partial charge in [0.15, 0.2) is 0 Å². The second kappa shape index (κ2) is 5.63. The van der Waals surface area contributed by atoms with Crippen LogP contribution >= 0.6 is 0 Å². The number of nitrogen functional groups attached to an aromatic ring is 2. The van der Waals surface area contributed by atoms with E-state index in [1.165, 1.54) is 0 Å². The van der Waals surface area contributed by atoms with E-state index in [4.69, 9.17) is 11.5 Å². The Balaban J connectivity index is 2.22. The van der Waals surface area contributed by atoms with E-state index in [9.17, 15) is 0 Å². The summed E-state index contributed by atoms with van der Waals surface area (Å²) in [7, 11) is 0. The molecule has 3 rings (SSSR count). The zero-order valence-electron chi connectivity index (χ0n) is 11.5. The SMILES string of the molecule is Nc1ncccc1C(c1ccccc1)c1cccnc1N. The van der Waals surface area contributed by atoms with E-state index in [1.807, 2.05) is 42.5 Å². The van der Waals surface area contributed by atoms with E-state index in [1.54, 1.807) is 12.4 Å². The van der Waals surface area contributed by atoms with Crippen LogP contribution in [0, 0.1) is 0 Å². The summed E-state index contributed by atoms with van der Waals surface area (Å²) < 4.78 is 0. The third-order valence-corrected chi connectivity index (χ3v) is 3.50. The highest BCUT2D eigenvalue weighted by Gasteiger charge is 2.21. The van der Waals surface area contributed by atoms with Crippen LogP contribution in [-0.2, 0) is 0 Å². The van der Waals surface area contributed by atoms with Gasteiger partial charge in [0.25, 0.3) is 0 Å². The minimum absolute atomic E-state index is 0.0754. The van der Waals surface area contributed by atoms with Crippen LogP contribution < -0.4 is 11.5 Å². The number of nitrogens with two attached hydrogens (primary N) is 2. The molecule has 0 bridgehead atoms. The molecular formula is C17H16N4. The Bertz CT molecular complexity index is 695. The molecule has 21 heavy (non-hydrogen) atoms. The van der Waals surface area contributed by atoms with E-state index >= 15 is 0 Å². The largest absolute Gasteiger partial charge is 0.383 e. The molecule has 0 aliphatic carbocycles. The molecule has 0 aliphatic heterocycles.